The molecular formula is C19H26Cl2N4O2. The van der Waals surface area contributed by atoms with Crippen LogP contribution >= 0.6 is 24.8 Å². The lowest BCUT2D eigenvalue weighted by Crippen LogP contribution is -2.54. The fourth-order valence-corrected chi connectivity index (χ4v) is 5.03. The molecule has 2 aliphatic carbocycles. The Morgan fingerprint density at radius 1 is 1.07 bits per heavy atom. The molecule has 1 aliphatic heterocycles. The van der Waals surface area contributed by atoms with Gasteiger partial charge in [0.2, 0.25) is 5.91 Å². The molecule has 3 fully saturated rings. The molecule has 4 unspecified atom stereocenters. The van der Waals surface area contributed by atoms with Gasteiger partial charge in [-0.05, 0) is 43.2 Å². The summed E-state index contributed by atoms with van der Waals surface area (Å²) in [6.45, 7) is 2.96. The summed E-state index contributed by atoms with van der Waals surface area (Å²) in [7, 11) is 0. The molecule has 2 N–H and O–H groups in total. The number of carbonyl (C=O) groups is 1. The highest BCUT2D eigenvalue weighted by molar-refractivity contribution is 5.85. The number of halogens is 2. The lowest BCUT2D eigenvalue weighted by atomic mass is 9.84. The van der Waals surface area contributed by atoms with E-state index in [1.807, 2.05) is 29.2 Å². The Kier molecular flexibility index (Phi) is 5.89. The number of para-hydroxylation sites is 2. The number of hydrogen-bond donors (Lipinski definition) is 1. The van der Waals surface area contributed by atoms with Gasteiger partial charge in [-0.15, -0.1) is 24.8 Å². The van der Waals surface area contributed by atoms with E-state index in [0.29, 0.717) is 17.9 Å². The van der Waals surface area contributed by atoms with Crippen LogP contribution in [0.2, 0.25) is 0 Å². The second kappa shape index (κ2) is 7.86. The van der Waals surface area contributed by atoms with E-state index in [9.17, 15) is 4.79 Å². The Hall–Kier alpha value is -1.50. The number of nitrogens with two attached hydrogens (primary N) is 1. The van der Waals surface area contributed by atoms with Crippen LogP contribution in [0.1, 0.15) is 19.3 Å². The predicted molar refractivity (Wildman–Crippen MR) is 110 cm³/mol. The smallest absolute Gasteiger partial charge is 0.298 e. The van der Waals surface area contributed by atoms with Gasteiger partial charge in [-0.2, -0.15) is 4.98 Å². The van der Waals surface area contributed by atoms with E-state index in [1.54, 1.807) is 0 Å². The van der Waals surface area contributed by atoms with E-state index in [-0.39, 0.29) is 42.7 Å². The molecule has 4 atom stereocenters. The minimum Gasteiger partial charge on any atom is -0.423 e. The summed E-state index contributed by atoms with van der Waals surface area (Å²) in [5.41, 5.74) is 8.04. The summed E-state index contributed by atoms with van der Waals surface area (Å²) in [5.74, 6) is 1.41. The Balaban J connectivity index is 0.00000105. The van der Waals surface area contributed by atoms with Crippen molar-refractivity contribution in [3.63, 3.8) is 0 Å². The molecule has 0 radical (unpaired) electrons. The molecular weight excluding hydrogens is 387 g/mol. The van der Waals surface area contributed by atoms with Gasteiger partial charge < -0.3 is 20.0 Å². The maximum absolute atomic E-state index is 13.0. The molecule has 2 saturated carbocycles. The third-order valence-corrected chi connectivity index (χ3v) is 6.41. The lowest BCUT2D eigenvalue weighted by Gasteiger charge is -2.38. The van der Waals surface area contributed by atoms with Crippen molar-refractivity contribution in [1.82, 2.24) is 9.88 Å². The van der Waals surface area contributed by atoms with Gasteiger partial charge in [0.1, 0.15) is 5.52 Å². The number of aromatic nitrogens is 1. The molecule has 5 rings (SSSR count). The van der Waals surface area contributed by atoms with Crippen LogP contribution in [0.4, 0.5) is 6.01 Å². The van der Waals surface area contributed by atoms with Gasteiger partial charge >= 0.3 is 0 Å². The highest BCUT2D eigenvalue weighted by atomic mass is 35.5. The maximum Gasteiger partial charge on any atom is 0.298 e. The Morgan fingerprint density at radius 2 is 1.78 bits per heavy atom. The first kappa shape index (κ1) is 20.2. The van der Waals surface area contributed by atoms with Crippen molar-refractivity contribution in [1.29, 1.82) is 0 Å². The molecule has 148 valence electrons. The monoisotopic (exact) mass is 412 g/mol. The number of nitrogens with zero attached hydrogens (tertiary/aromatic N) is 3. The molecule has 8 heteroatoms. The van der Waals surface area contributed by atoms with E-state index < -0.39 is 0 Å². The molecule has 2 heterocycles. The molecule has 1 amide bonds. The van der Waals surface area contributed by atoms with Crippen molar-refractivity contribution < 1.29 is 9.21 Å². The highest BCUT2D eigenvalue weighted by Gasteiger charge is 2.50. The van der Waals surface area contributed by atoms with E-state index in [0.717, 1.165) is 43.7 Å². The minimum absolute atomic E-state index is 0. The third-order valence-electron chi connectivity index (χ3n) is 6.41. The van der Waals surface area contributed by atoms with Crippen LogP contribution in [0.3, 0.4) is 0 Å². The predicted octanol–water partition coefficient (Wildman–Crippen LogP) is 2.69. The van der Waals surface area contributed by atoms with Gasteiger partial charge in [-0.1, -0.05) is 12.1 Å². The molecule has 0 spiro atoms. The van der Waals surface area contributed by atoms with Gasteiger partial charge in [0.15, 0.2) is 5.58 Å². The van der Waals surface area contributed by atoms with E-state index >= 15 is 0 Å². The second-order valence-electron chi connectivity index (χ2n) is 7.71. The third kappa shape index (κ3) is 3.39. The molecule has 1 aromatic carbocycles. The van der Waals surface area contributed by atoms with E-state index in [2.05, 4.69) is 9.88 Å². The number of benzene rings is 1. The van der Waals surface area contributed by atoms with Crippen molar-refractivity contribution in [2.24, 2.45) is 23.5 Å². The zero-order chi connectivity index (χ0) is 17.0. The molecule has 27 heavy (non-hydrogen) atoms. The average molecular weight is 413 g/mol. The van der Waals surface area contributed by atoms with Crippen LogP contribution in [-0.4, -0.2) is 48.0 Å². The van der Waals surface area contributed by atoms with Gasteiger partial charge in [0.05, 0.1) is 5.92 Å². The minimum atomic E-state index is 0. The normalized spacial score (nSPS) is 29.5. The molecule has 3 aliphatic rings. The number of hydrogen-bond acceptors (Lipinski definition) is 5. The fourth-order valence-electron chi connectivity index (χ4n) is 5.03. The van der Waals surface area contributed by atoms with E-state index in [1.165, 1.54) is 12.8 Å². The van der Waals surface area contributed by atoms with E-state index in [4.69, 9.17) is 10.2 Å². The Bertz CT molecular complexity index is 771. The number of anilines is 1. The zero-order valence-corrected chi connectivity index (χ0v) is 16.8. The van der Waals surface area contributed by atoms with Crippen LogP contribution in [0.15, 0.2) is 28.7 Å². The molecule has 1 saturated heterocycles. The molecule has 6 nitrogen and oxygen atoms in total. The number of rotatable bonds is 2. The first-order chi connectivity index (χ1) is 12.2. The zero-order valence-electron chi connectivity index (χ0n) is 15.1. The summed E-state index contributed by atoms with van der Waals surface area (Å²) >= 11 is 0. The Morgan fingerprint density at radius 3 is 2.44 bits per heavy atom. The summed E-state index contributed by atoms with van der Waals surface area (Å²) in [6.07, 6.45) is 3.54. The largest absolute Gasteiger partial charge is 0.423 e. The van der Waals surface area contributed by atoms with Gasteiger partial charge in [-0.3, -0.25) is 4.79 Å². The highest BCUT2D eigenvalue weighted by Crippen LogP contribution is 2.48. The lowest BCUT2D eigenvalue weighted by molar-refractivity contribution is -0.138. The first-order valence-corrected chi connectivity index (χ1v) is 9.35. The average Bonchev–Trinajstić information content (AvgIpc) is 3.35. The van der Waals surface area contributed by atoms with Gasteiger partial charge in [-0.25, -0.2) is 0 Å². The van der Waals surface area contributed by atoms with Crippen LogP contribution < -0.4 is 10.6 Å². The number of oxazole rings is 1. The summed E-state index contributed by atoms with van der Waals surface area (Å²) < 4.78 is 5.85. The maximum atomic E-state index is 13.0. The van der Waals surface area contributed by atoms with Gasteiger partial charge in [0.25, 0.3) is 6.01 Å². The number of fused-ring (bicyclic) bond motifs is 3. The number of carbonyl (C=O) groups excluding carboxylic acids is 1. The quantitative estimate of drug-likeness (QED) is 0.820. The summed E-state index contributed by atoms with van der Waals surface area (Å²) in [5, 5.41) is 0. The van der Waals surface area contributed by atoms with Crippen molar-refractivity contribution in [3.05, 3.63) is 24.3 Å². The van der Waals surface area contributed by atoms with Crippen molar-refractivity contribution in [2.45, 2.75) is 25.3 Å². The van der Waals surface area contributed by atoms with Crippen LogP contribution in [-0.2, 0) is 4.79 Å². The number of piperazine rings is 1. The van der Waals surface area contributed by atoms with Crippen molar-refractivity contribution in [3.8, 4) is 0 Å². The molecule has 2 aromatic rings. The topological polar surface area (TPSA) is 75.6 Å². The van der Waals surface area contributed by atoms with Crippen molar-refractivity contribution in [2.75, 3.05) is 31.1 Å². The summed E-state index contributed by atoms with van der Waals surface area (Å²) in [4.78, 5) is 21.7. The fraction of sp³-hybridized carbons (Fsp3) is 0.579. The summed E-state index contributed by atoms with van der Waals surface area (Å²) in [6, 6.07) is 8.53. The molecule has 1 aromatic heterocycles. The second-order valence-corrected chi connectivity index (χ2v) is 7.71. The number of amides is 1. The SMILES string of the molecule is Cl.Cl.NC1C2CCC(C2)C1C(=O)N1CCN(c2nc3ccccc3o2)CC1. The van der Waals surface area contributed by atoms with Gasteiger partial charge in [0, 0.05) is 32.2 Å². The van der Waals surface area contributed by atoms with Crippen LogP contribution in [0, 0.1) is 17.8 Å². The Labute approximate surface area is 171 Å². The standard InChI is InChI=1S/C19H24N4O2.2ClH/c20-17-13-6-5-12(11-13)16(17)18(24)22-7-9-23(10-8-22)19-21-14-3-1-2-4-15(14)25-19;;/h1-4,12-13,16-17H,5-11,20H2;2*1H. The van der Waals surface area contributed by atoms with Crippen molar-refractivity contribution >= 4 is 47.8 Å². The first-order valence-electron chi connectivity index (χ1n) is 9.35. The van der Waals surface area contributed by atoms with Crippen LogP contribution in [0.25, 0.3) is 11.1 Å². The van der Waals surface area contributed by atoms with Crippen LogP contribution in [0.5, 0.6) is 0 Å². The molecule has 2 bridgehead atoms.